The molecule has 0 aliphatic carbocycles. The standard InChI is InChI=1S/C21H24N6O/c1-2-16-8-10-17(11-9-16)19-14-22-12-13-26(19)20(28)15-27-24-21(23-25-27)18-6-4-3-5-7-18/h3-11,19,22H,2,12-15H2,1H3. The van der Waals surface area contributed by atoms with E-state index in [1.165, 1.54) is 10.4 Å². The van der Waals surface area contributed by atoms with Gasteiger partial charge in [-0.05, 0) is 22.8 Å². The predicted molar refractivity (Wildman–Crippen MR) is 106 cm³/mol. The van der Waals surface area contributed by atoms with Crippen LogP contribution in [0.1, 0.15) is 24.1 Å². The molecule has 28 heavy (non-hydrogen) atoms. The van der Waals surface area contributed by atoms with Crippen molar-refractivity contribution < 1.29 is 4.79 Å². The summed E-state index contributed by atoms with van der Waals surface area (Å²) < 4.78 is 0. The van der Waals surface area contributed by atoms with Crippen LogP contribution in [0.2, 0.25) is 0 Å². The molecule has 144 valence electrons. The monoisotopic (exact) mass is 376 g/mol. The highest BCUT2D eigenvalue weighted by Crippen LogP contribution is 2.23. The minimum atomic E-state index is 0.00285. The molecule has 1 fully saturated rings. The van der Waals surface area contributed by atoms with Crippen molar-refractivity contribution in [2.24, 2.45) is 0 Å². The quantitative estimate of drug-likeness (QED) is 0.738. The minimum absolute atomic E-state index is 0.00285. The van der Waals surface area contributed by atoms with E-state index in [1.807, 2.05) is 35.2 Å². The zero-order valence-electron chi connectivity index (χ0n) is 16.0. The first-order valence-electron chi connectivity index (χ1n) is 9.67. The van der Waals surface area contributed by atoms with E-state index in [1.54, 1.807) is 0 Å². The largest absolute Gasteiger partial charge is 0.331 e. The van der Waals surface area contributed by atoms with Crippen molar-refractivity contribution in [3.05, 3.63) is 65.7 Å². The molecule has 0 bridgehead atoms. The summed E-state index contributed by atoms with van der Waals surface area (Å²) in [6.07, 6.45) is 1.01. The zero-order valence-corrected chi connectivity index (χ0v) is 16.0. The van der Waals surface area contributed by atoms with Crippen LogP contribution in [0.3, 0.4) is 0 Å². The van der Waals surface area contributed by atoms with Gasteiger partial charge in [0, 0.05) is 25.2 Å². The lowest BCUT2D eigenvalue weighted by atomic mass is 10.0. The van der Waals surface area contributed by atoms with Crippen molar-refractivity contribution in [2.75, 3.05) is 19.6 Å². The highest BCUT2D eigenvalue weighted by Gasteiger charge is 2.28. The van der Waals surface area contributed by atoms with E-state index in [-0.39, 0.29) is 18.5 Å². The summed E-state index contributed by atoms with van der Waals surface area (Å²) in [6.45, 7) is 4.43. The molecule has 2 heterocycles. The van der Waals surface area contributed by atoms with Gasteiger partial charge in [-0.25, -0.2) is 0 Å². The molecule has 0 spiro atoms. The Morgan fingerprint density at radius 2 is 1.93 bits per heavy atom. The summed E-state index contributed by atoms with van der Waals surface area (Å²) in [6, 6.07) is 18.2. The van der Waals surface area contributed by atoms with Crippen LogP contribution in [-0.2, 0) is 17.8 Å². The molecule has 1 saturated heterocycles. The lowest BCUT2D eigenvalue weighted by Crippen LogP contribution is -2.49. The summed E-state index contributed by atoms with van der Waals surface area (Å²) in [4.78, 5) is 16.3. The van der Waals surface area contributed by atoms with Gasteiger partial charge in [-0.3, -0.25) is 4.79 Å². The van der Waals surface area contributed by atoms with Gasteiger partial charge in [-0.1, -0.05) is 61.5 Å². The predicted octanol–water partition coefficient (Wildman–Crippen LogP) is 2.08. The van der Waals surface area contributed by atoms with Crippen LogP contribution in [0.4, 0.5) is 0 Å². The first-order valence-corrected chi connectivity index (χ1v) is 9.67. The summed E-state index contributed by atoms with van der Waals surface area (Å²) in [5, 5.41) is 15.9. The Morgan fingerprint density at radius 1 is 1.14 bits per heavy atom. The van der Waals surface area contributed by atoms with E-state index in [4.69, 9.17) is 0 Å². The van der Waals surface area contributed by atoms with Gasteiger partial charge in [0.05, 0.1) is 6.04 Å². The molecule has 7 nitrogen and oxygen atoms in total. The molecule has 3 aromatic rings. The van der Waals surface area contributed by atoms with Gasteiger partial charge in [-0.15, -0.1) is 10.2 Å². The van der Waals surface area contributed by atoms with Crippen molar-refractivity contribution in [1.82, 2.24) is 30.4 Å². The Morgan fingerprint density at radius 3 is 2.68 bits per heavy atom. The van der Waals surface area contributed by atoms with Gasteiger partial charge >= 0.3 is 0 Å². The van der Waals surface area contributed by atoms with Crippen LogP contribution in [0.5, 0.6) is 0 Å². The molecular weight excluding hydrogens is 352 g/mol. The molecule has 1 amide bonds. The van der Waals surface area contributed by atoms with Gasteiger partial charge in [0.15, 0.2) is 0 Å². The van der Waals surface area contributed by atoms with Gasteiger partial charge in [0.25, 0.3) is 0 Å². The number of carbonyl (C=O) groups is 1. The highest BCUT2D eigenvalue weighted by molar-refractivity contribution is 5.76. The topological polar surface area (TPSA) is 75.9 Å². The lowest BCUT2D eigenvalue weighted by molar-refractivity contribution is -0.135. The summed E-state index contributed by atoms with van der Waals surface area (Å²) in [7, 11) is 0. The molecule has 1 aliphatic rings. The maximum atomic E-state index is 13.0. The number of nitrogens with zero attached hydrogens (tertiary/aromatic N) is 5. The zero-order chi connectivity index (χ0) is 19.3. The van der Waals surface area contributed by atoms with Crippen LogP contribution >= 0.6 is 0 Å². The number of benzene rings is 2. The SMILES string of the molecule is CCc1ccc(C2CNCCN2C(=O)Cn2nnc(-c3ccccc3)n2)cc1. The average molecular weight is 376 g/mol. The third kappa shape index (κ3) is 3.94. The molecule has 1 atom stereocenters. The third-order valence-corrected chi connectivity index (χ3v) is 5.10. The molecule has 1 unspecified atom stereocenters. The van der Waals surface area contributed by atoms with E-state index in [2.05, 4.69) is 51.9 Å². The van der Waals surface area contributed by atoms with E-state index in [0.29, 0.717) is 12.4 Å². The number of carbonyl (C=O) groups excluding carboxylic acids is 1. The first kappa shape index (κ1) is 18.3. The molecule has 1 aromatic heterocycles. The number of amides is 1. The summed E-state index contributed by atoms with van der Waals surface area (Å²) in [5.74, 6) is 0.531. The molecule has 2 aromatic carbocycles. The third-order valence-electron chi connectivity index (χ3n) is 5.10. The highest BCUT2D eigenvalue weighted by atomic mass is 16.2. The second kappa shape index (κ2) is 8.31. The van der Waals surface area contributed by atoms with Crippen LogP contribution in [0.25, 0.3) is 11.4 Å². The molecule has 0 saturated carbocycles. The maximum Gasteiger partial charge on any atom is 0.246 e. The second-order valence-electron chi connectivity index (χ2n) is 6.91. The Bertz CT molecular complexity index is 922. The number of piperazine rings is 1. The fraction of sp³-hybridized carbons (Fsp3) is 0.333. The second-order valence-corrected chi connectivity index (χ2v) is 6.91. The van der Waals surface area contributed by atoms with Crippen molar-refractivity contribution in [2.45, 2.75) is 25.9 Å². The number of nitrogens with one attached hydrogen (secondary N) is 1. The van der Waals surface area contributed by atoms with Crippen LogP contribution in [0, 0.1) is 0 Å². The molecule has 0 radical (unpaired) electrons. The number of hydrogen-bond donors (Lipinski definition) is 1. The van der Waals surface area contributed by atoms with Gasteiger partial charge < -0.3 is 10.2 Å². The molecular formula is C21H24N6O. The van der Waals surface area contributed by atoms with Crippen LogP contribution in [-0.4, -0.2) is 50.6 Å². The first-order chi connectivity index (χ1) is 13.7. The number of aromatic nitrogens is 4. The van der Waals surface area contributed by atoms with Crippen LogP contribution < -0.4 is 5.32 Å². The normalized spacial score (nSPS) is 16.9. The number of aryl methyl sites for hydroxylation is 1. The van der Waals surface area contributed by atoms with Gasteiger partial charge in [0.2, 0.25) is 11.7 Å². The Labute approximate surface area is 164 Å². The van der Waals surface area contributed by atoms with Crippen molar-refractivity contribution in [3.63, 3.8) is 0 Å². The number of rotatable bonds is 5. The van der Waals surface area contributed by atoms with Crippen molar-refractivity contribution >= 4 is 5.91 Å². The maximum absolute atomic E-state index is 13.0. The van der Waals surface area contributed by atoms with Gasteiger partial charge in [0.1, 0.15) is 6.54 Å². The fourth-order valence-electron chi connectivity index (χ4n) is 3.50. The van der Waals surface area contributed by atoms with Crippen molar-refractivity contribution in [1.29, 1.82) is 0 Å². The molecule has 4 rings (SSSR count). The molecule has 1 N–H and O–H groups in total. The summed E-state index contributed by atoms with van der Waals surface area (Å²) >= 11 is 0. The smallest absolute Gasteiger partial charge is 0.246 e. The fourth-order valence-corrected chi connectivity index (χ4v) is 3.50. The van der Waals surface area contributed by atoms with Crippen LogP contribution in [0.15, 0.2) is 54.6 Å². The number of hydrogen-bond acceptors (Lipinski definition) is 5. The Hall–Kier alpha value is -3.06. The number of tetrazole rings is 1. The van der Waals surface area contributed by atoms with E-state index >= 15 is 0 Å². The Balaban J connectivity index is 1.48. The average Bonchev–Trinajstić information content (AvgIpc) is 3.23. The van der Waals surface area contributed by atoms with E-state index in [9.17, 15) is 4.79 Å². The lowest BCUT2D eigenvalue weighted by Gasteiger charge is -2.36. The van der Waals surface area contributed by atoms with Gasteiger partial charge in [-0.2, -0.15) is 4.80 Å². The minimum Gasteiger partial charge on any atom is -0.331 e. The molecule has 7 heteroatoms. The summed E-state index contributed by atoms with van der Waals surface area (Å²) in [5.41, 5.74) is 3.33. The van der Waals surface area contributed by atoms with E-state index in [0.717, 1.165) is 30.6 Å². The molecule has 1 aliphatic heterocycles. The van der Waals surface area contributed by atoms with E-state index < -0.39 is 0 Å². The Kier molecular flexibility index (Phi) is 5.43. The van der Waals surface area contributed by atoms with Crippen molar-refractivity contribution in [3.8, 4) is 11.4 Å².